The molecular weight excluding hydrogens is 324 g/mol. The number of primary amides is 1. The fourth-order valence-corrected chi connectivity index (χ4v) is 2.53. The van der Waals surface area contributed by atoms with Gasteiger partial charge in [-0.05, 0) is 24.1 Å². The number of amides is 1. The van der Waals surface area contributed by atoms with E-state index in [1.54, 1.807) is 34.1 Å². The molecule has 6 heteroatoms. The van der Waals surface area contributed by atoms with Crippen molar-refractivity contribution in [1.82, 2.24) is 0 Å². The Bertz CT molecular complexity index is 503. The maximum Gasteiger partial charge on any atom is 0.223 e. The summed E-state index contributed by atoms with van der Waals surface area (Å²) in [5.74, 6) is 0.840. The van der Waals surface area contributed by atoms with Crippen molar-refractivity contribution in [2.75, 3.05) is 14.2 Å². The van der Waals surface area contributed by atoms with Gasteiger partial charge in [0.25, 0.3) is 0 Å². The monoisotopic (exact) mass is 344 g/mol. The van der Waals surface area contributed by atoms with E-state index in [2.05, 4.69) is 15.9 Å². The Morgan fingerprint density at radius 1 is 1.30 bits per heavy atom. The van der Waals surface area contributed by atoms with Crippen LogP contribution in [-0.2, 0) is 4.79 Å². The third-order valence-corrected chi connectivity index (χ3v) is 3.99. The van der Waals surface area contributed by atoms with Crippen LogP contribution in [0.3, 0.4) is 0 Å². The van der Waals surface area contributed by atoms with Gasteiger partial charge in [0.15, 0.2) is 11.5 Å². The van der Waals surface area contributed by atoms with E-state index in [-0.39, 0.29) is 11.9 Å². The summed E-state index contributed by atoms with van der Waals surface area (Å²) < 4.78 is 11.3. The number of carbonyl (C=O) groups excluding carboxylic acids is 1. The number of ether oxygens (including phenoxy) is 2. The molecule has 4 N–H and O–H groups in total. The van der Waals surface area contributed by atoms with E-state index in [0.29, 0.717) is 17.9 Å². The van der Waals surface area contributed by atoms with Crippen LogP contribution in [0.4, 0.5) is 0 Å². The molecule has 0 fully saturated rings. The topological polar surface area (TPSA) is 87.6 Å². The molecular formula is C14H21BrN2O3. The molecule has 0 saturated heterocycles. The van der Waals surface area contributed by atoms with Gasteiger partial charge in [-0.2, -0.15) is 0 Å². The lowest BCUT2D eigenvalue weighted by Gasteiger charge is -2.25. The first kappa shape index (κ1) is 16.8. The molecule has 0 radical (unpaired) electrons. The second kappa shape index (κ2) is 6.45. The molecule has 0 bridgehead atoms. The molecule has 112 valence electrons. The van der Waals surface area contributed by atoms with Gasteiger partial charge in [0.2, 0.25) is 5.91 Å². The van der Waals surface area contributed by atoms with Crippen LogP contribution in [0, 0.1) is 5.41 Å². The van der Waals surface area contributed by atoms with E-state index in [1.165, 1.54) is 0 Å². The minimum absolute atomic E-state index is 0.341. The quantitative estimate of drug-likeness (QED) is 0.829. The van der Waals surface area contributed by atoms with Crippen molar-refractivity contribution in [3.05, 3.63) is 22.2 Å². The van der Waals surface area contributed by atoms with E-state index in [1.807, 2.05) is 6.07 Å². The molecule has 5 nitrogen and oxygen atoms in total. The van der Waals surface area contributed by atoms with Crippen LogP contribution in [0.1, 0.15) is 31.9 Å². The molecule has 0 aliphatic carbocycles. The largest absolute Gasteiger partial charge is 0.493 e. The molecule has 1 aromatic rings. The highest BCUT2D eigenvalue weighted by molar-refractivity contribution is 9.10. The molecule has 0 heterocycles. The van der Waals surface area contributed by atoms with Crippen molar-refractivity contribution in [3.63, 3.8) is 0 Å². The van der Waals surface area contributed by atoms with Crippen molar-refractivity contribution in [1.29, 1.82) is 0 Å². The normalized spacial score (nSPS) is 12.9. The molecule has 0 spiro atoms. The minimum Gasteiger partial charge on any atom is -0.493 e. The first-order chi connectivity index (χ1) is 9.22. The highest BCUT2D eigenvalue weighted by atomic mass is 79.9. The highest BCUT2D eigenvalue weighted by Crippen LogP contribution is 2.38. The molecule has 20 heavy (non-hydrogen) atoms. The Labute approximate surface area is 127 Å². The smallest absolute Gasteiger partial charge is 0.223 e. The van der Waals surface area contributed by atoms with E-state index < -0.39 is 5.41 Å². The SMILES string of the molecule is COc1cc(Br)c(C(N)CC(C)(C)C(N)=O)cc1OC. The Hall–Kier alpha value is -1.27. The number of benzene rings is 1. The molecule has 1 unspecified atom stereocenters. The first-order valence-corrected chi connectivity index (χ1v) is 6.99. The summed E-state index contributed by atoms with van der Waals surface area (Å²) in [6.07, 6.45) is 0.441. The van der Waals surface area contributed by atoms with Crippen molar-refractivity contribution >= 4 is 21.8 Å². The van der Waals surface area contributed by atoms with Gasteiger partial charge >= 0.3 is 0 Å². The van der Waals surface area contributed by atoms with Crippen molar-refractivity contribution in [2.24, 2.45) is 16.9 Å². The van der Waals surface area contributed by atoms with Crippen LogP contribution >= 0.6 is 15.9 Å². The standard InChI is InChI=1S/C14H21BrN2O3/c1-14(2,13(17)18)7-10(16)8-5-11(19-3)12(20-4)6-9(8)15/h5-6,10H,7,16H2,1-4H3,(H2,17,18). The summed E-state index contributed by atoms with van der Waals surface area (Å²) in [6, 6.07) is 3.27. The summed E-state index contributed by atoms with van der Waals surface area (Å²) in [4.78, 5) is 11.4. The summed E-state index contributed by atoms with van der Waals surface area (Å²) >= 11 is 3.46. The maximum atomic E-state index is 11.4. The Kier molecular flexibility index (Phi) is 5.42. The molecule has 0 saturated carbocycles. The number of hydrogen-bond acceptors (Lipinski definition) is 4. The van der Waals surface area contributed by atoms with Gasteiger partial charge in [0.05, 0.1) is 14.2 Å². The Morgan fingerprint density at radius 2 is 1.80 bits per heavy atom. The summed E-state index contributed by atoms with van der Waals surface area (Å²) in [7, 11) is 3.13. The Balaban J connectivity index is 3.10. The van der Waals surface area contributed by atoms with Gasteiger partial charge in [-0.15, -0.1) is 0 Å². The van der Waals surface area contributed by atoms with Gasteiger partial charge in [-0.3, -0.25) is 4.79 Å². The van der Waals surface area contributed by atoms with Gasteiger partial charge in [0.1, 0.15) is 0 Å². The molecule has 0 aromatic heterocycles. The molecule has 1 rings (SSSR count). The van der Waals surface area contributed by atoms with E-state index in [4.69, 9.17) is 20.9 Å². The molecule has 1 atom stereocenters. The zero-order valence-electron chi connectivity index (χ0n) is 12.2. The molecule has 1 aromatic carbocycles. The predicted octanol–water partition coefficient (Wildman–Crippen LogP) is 2.37. The van der Waals surface area contributed by atoms with Crippen molar-refractivity contribution in [2.45, 2.75) is 26.3 Å². The third kappa shape index (κ3) is 3.64. The number of methoxy groups -OCH3 is 2. The van der Waals surface area contributed by atoms with E-state index in [0.717, 1.165) is 10.0 Å². The number of hydrogen-bond donors (Lipinski definition) is 2. The van der Waals surface area contributed by atoms with Gasteiger partial charge < -0.3 is 20.9 Å². The number of halogens is 1. The minimum atomic E-state index is -0.675. The second-order valence-corrected chi connectivity index (χ2v) is 6.14. The lowest BCUT2D eigenvalue weighted by atomic mass is 9.83. The maximum absolute atomic E-state index is 11.4. The van der Waals surface area contributed by atoms with Crippen LogP contribution in [-0.4, -0.2) is 20.1 Å². The third-order valence-electron chi connectivity index (χ3n) is 3.30. The number of rotatable bonds is 6. The average Bonchev–Trinajstić information content (AvgIpc) is 2.37. The zero-order chi connectivity index (χ0) is 15.5. The number of nitrogens with two attached hydrogens (primary N) is 2. The first-order valence-electron chi connectivity index (χ1n) is 6.20. The number of carbonyl (C=O) groups is 1. The lowest BCUT2D eigenvalue weighted by molar-refractivity contribution is -0.126. The van der Waals surface area contributed by atoms with Crippen LogP contribution < -0.4 is 20.9 Å². The van der Waals surface area contributed by atoms with E-state index >= 15 is 0 Å². The molecule has 1 amide bonds. The average molecular weight is 345 g/mol. The zero-order valence-corrected chi connectivity index (χ0v) is 13.8. The van der Waals surface area contributed by atoms with Crippen LogP contribution in [0.15, 0.2) is 16.6 Å². The van der Waals surface area contributed by atoms with Crippen LogP contribution in [0.5, 0.6) is 11.5 Å². The van der Waals surface area contributed by atoms with Gasteiger partial charge in [0, 0.05) is 15.9 Å². The van der Waals surface area contributed by atoms with Crippen LogP contribution in [0.2, 0.25) is 0 Å². The van der Waals surface area contributed by atoms with Gasteiger partial charge in [-0.25, -0.2) is 0 Å². The summed E-state index contributed by atoms with van der Waals surface area (Å²) in [5, 5.41) is 0. The van der Waals surface area contributed by atoms with Gasteiger partial charge in [-0.1, -0.05) is 29.8 Å². The lowest BCUT2D eigenvalue weighted by Crippen LogP contribution is -2.34. The fraction of sp³-hybridized carbons (Fsp3) is 0.500. The predicted molar refractivity (Wildman–Crippen MR) is 81.8 cm³/mol. The van der Waals surface area contributed by atoms with Crippen LogP contribution in [0.25, 0.3) is 0 Å². The molecule has 0 aliphatic heterocycles. The van der Waals surface area contributed by atoms with Crippen molar-refractivity contribution < 1.29 is 14.3 Å². The fourth-order valence-electron chi connectivity index (χ4n) is 1.91. The Morgan fingerprint density at radius 3 is 2.25 bits per heavy atom. The summed E-state index contributed by atoms with van der Waals surface area (Å²) in [6.45, 7) is 3.56. The second-order valence-electron chi connectivity index (χ2n) is 5.29. The highest BCUT2D eigenvalue weighted by Gasteiger charge is 2.29. The van der Waals surface area contributed by atoms with Crippen molar-refractivity contribution in [3.8, 4) is 11.5 Å². The summed E-state index contributed by atoms with van der Waals surface area (Å²) in [5.41, 5.74) is 11.8. The molecule has 0 aliphatic rings. The van der Waals surface area contributed by atoms with E-state index in [9.17, 15) is 4.79 Å².